The van der Waals surface area contributed by atoms with Crippen LogP contribution in [0.15, 0.2) is 0 Å². The van der Waals surface area contributed by atoms with Gasteiger partial charge in [-0.05, 0) is 18.6 Å². The van der Waals surface area contributed by atoms with Crippen LogP contribution in [0.4, 0.5) is 10.9 Å². The van der Waals surface area contributed by atoms with Crippen molar-refractivity contribution in [3.8, 4) is 0 Å². The lowest BCUT2D eigenvalue weighted by Crippen LogP contribution is -2.25. The maximum absolute atomic E-state index is 12.1. The molecule has 1 aromatic heterocycles. The van der Waals surface area contributed by atoms with Gasteiger partial charge < -0.3 is 21.1 Å². The van der Waals surface area contributed by atoms with E-state index in [1.165, 1.54) is 11.3 Å². The molecule has 6 nitrogen and oxygen atoms in total. The zero-order chi connectivity index (χ0) is 15.7. The van der Waals surface area contributed by atoms with Gasteiger partial charge >= 0.3 is 0 Å². The molecule has 0 spiro atoms. The predicted octanol–water partition coefficient (Wildman–Crippen LogP) is 1.42. The van der Waals surface area contributed by atoms with Crippen molar-refractivity contribution in [2.45, 2.75) is 19.8 Å². The number of thiazole rings is 1. The monoisotopic (exact) mass is 332 g/mol. The number of nitrogens with zero attached hydrogens (tertiary/aromatic N) is 2. The van der Waals surface area contributed by atoms with Gasteiger partial charge in [0.15, 0.2) is 5.13 Å². The van der Waals surface area contributed by atoms with Crippen molar-refractivity contribution in [1.29, 1.82) is 0 Å². The van der Waals surface area contributed by atoms with E-state index < -0.39 is 0 Å². The van der Waals surface area contributed by atoms with Crippen LogP contribution in [0.2, 0.25) is 0 Å². The van der Waals surface area contributed by atoms with Crippen molar-refractivity contribution < 1.29 is 9.90 Å². The number of aromatic nitrogens is 1. The summed E-state index contributed by atoms with van der Waals surface area (Å²) in [4.78, 5) is 18.8. The normalized spacial score (nSPS) is 10.6. The van der Waals surface area contributed by atoms with Gasteiger partial charge in [0.2, 0.25) is 0 Å². The van der Waals surface area contributed by atoms with E-state index in [0.29, 0.717) is 17.2 Å². The summed E-state index contributed by atoms with van der Waals surface area (Å²) in [5, 5.41) is 12.3. The largest absolute Gasteiger partial charge is 0.396 e. The average molecular weight is 332 g/mol. The number of hydrogen-bond donors (Lipinski definition) is 3. The molecule has 0 radical (unpaired) electrons. The second-order valence-corrected chi connectivity index (χ2v) is 6.78. The molecule has 0 saturated heterocycles. The zero-order valence-electron chi connectivity index (χ0n) is 12.6. The molecule has 1 rings (SSSR count). The summed E-state index contributed by atoms with van der Waals surface area (Å²) in [5.41, 5.74) is 5.83. The number of nitrogen functional groups attached to an aromatic ring is 1. The van der Waals surface area contributed by atoms with Crippen molar-refractivity contribution in [3.05, 3.63) is 4.88 Å². The first kappa shape index (κ1) is 18.1. The quantitative estimate of drug-likeness (QED) is 0.561. The van der Waals surface area contributed by atoms with Crippen molar-refractivity contribution in [1.82, 2.24) is 10.3 Å². The van der Waals surface area contributed by atoms with Crippen LogP contribution in [0.5, 0.6) is 0 Å². The van der Waals surface area contributed by atoms with Gasteiger partial charge in [0.1, 0.15) is 10.7 Å². The lowest BCUT2D eigenvalue weighted by Gasteiger charge is -2.13. The predicted molar refractivity (Wildman–Crippen MR) is 91.4 cm³/mol. The summed E-state index contributed by atoms with van der Waals surface area (Å²) in [5.74, 6) is 1.86. The van der Waals surface area contributed by atoms with E-state index >= 15 is 0 Å². The number of rotatable bonds is 10. The van der Waals surface area contributed by atoms with Crippen molar-refractivity contribution >= 4 is 40.0 Å². The first-order valence-electron chi connectivity index (χ1n) is 7.04. The van der Waals surface area contributed by atoms with E-state index in [0.717, 1.165) is 36.0 Å². The topological polar surface area (TPSA) is 91.5 Å². The molecule has 4 N–H and O–H groups in total. The van der Waals surface area contributed by atoms with E-state index in [1.54, 1.807) is 11.8 Å². The molecule has 0 aromatic carbocycles. The number of nitrogens with one attached hydrogen (secondary N) is 1. The first-order valence-corrected chi connectivity index (χ1v) is 9.01. The maximum atomic E-state index is 12.1. The van der Waals surface area contributed by atoms with E-state index in [-0.39, 0.29) is 12.5 Å². The Hall–Kier alpha value is -0.990. The van der Waals surface area contributed by atoms with Gasteiger partial charge in [-0.2, -0.15) is 11.8 Å². The van der Waals surface area contributed by atoms with Crippen molar-refractivity contribution in [2.24, 2.45) is 0 Å². The molecular formula is C13H24N4O2S2. The molecule has 120 valence electrons. The van der Waals surface area contributed by atoms with Crippen LogP contribution in [-0.2, 0) is 0 Å². The van der Waals surface area contributed by atoms with Crippen LogP contribution >= 0.6 is 23.1 Å². The summed E-state index contributed by atoms with van der Waals surface area (Å²) in [6.07, 6.45) is 1.80. The van der Waals surface area contributed by atoms with E-state index in [2.05, 4.69) is 17.2 Å². The first-order chi connectivity index (χ1) is 10.1. The number of carbonyl (C=O) groups is 1. The number of anilines is 2. The van der Waals surface area contributed by atoms with Crippen molar-refractivity contribution in [3.63, 3.8) is 0 Å². The van der Waals surface area contributed by atoms with Crippen LogP contribution in [0, 0.1) is 0 Å². The number of aliphatic hydroxyl groups excluding tert-OH is 1. The SMILES string of the molecule is CCCN(C)c1nc(N)c(C(=O)NCCSCCCO)s1. The minimum Gasteiger partial charge on any atom is -0.396 e. The number of hydrogen-bond acceptors (Lipinski definition) is 7. The Bertz CT molecular complexity index is 440. The van der Waals surface area contributed by atoms with Gasteiger partial charge in [-0.25, -0.2) is 4.98 Å². The van der Waals surface area contributed by atoms with Gasteiger partial charge in [-0.3, -0.25) is 4.79 Å². The molecule has 0 aliphatic carbocycles. The van der Waals surface area contributed by atoms with Gasteiger partial charge in [0.05, 0.1) is 0 Å². The minimum atomic E-state index is -0.163. The molecule has 1 heterocycles. The Kier molecular flexibility index (Phi) is 8.48. The lowest BCUT2D eigenvalue weighted by molar-refractivity contribution is 0.0961. The average Bonchev–Trinajstić information content (AvgIpc) is 2.85. The Morgan fingerprint density at radius 2 is 2.29 bits per heavy atom. The van der Waals surface area contributed by atoms with Crippen molar-refractivity contribution in [2.75, 3.05) is 48.9 Å². The minimum absolute atomic E-state index is 0.163. The number of amides is 1. The van der Waals surface area contributed by atoms with E-state index in [4.69, 9.17) is 10.8 Å². The summed E-state index contributed by atoms with van der Waals surface area (Å²) < 4.78 is 0. The molecule has 21 heavy (non-hydrogen) atoms. The number of aliphatic hydroxyl groups is 1. The molecular weight excluding hydrogens is 308 g/mol. The molecule has 0 atom stereocenters. The molecule has 0 aliphatic heterocycles. The highest BCUT2D eigenvalue weighted by molar-refractivity contribution is 7.99. The summed E-state index contributed by atoms with van der Waals surface area (Å²) in [6.45, 7) is 3.78. The van der Waals surface area contributed by atoms with E-state index in [1.807, 2.05) is 11.9 Å². The number of thioether (sulfide) groups is 1. The molecule has 1 aromatic rings. The van der Waals surface area contributed by atoms with Crippen LogP contribution in [-0.4, -0.2) is 54.2 Å². The molecule has 8 heteroatoms. The summed E-state index contributed by atoms with van der Waals surface area (Å²) in [7, 11) is 1.95. The Labute approximate surface area is 134 Å². The molecule has 0 unspecified atom stereocenters. The fourth-order valence-corrected chi connectivity index (χ4v) is 3.34. The highest BCUT2D eigenvalue weighted by Gasteiger charge is 2.17. The smallest absolute Gasteiger partial charge is 0.265 e. The third-order valence-electron chi connectivity index (χ3n) is 2.71. The van der Waals surface area contributed by atoms with Gasteiger partial charge in [0.25, 0.3) is 5.91 Å². The summed E-state index contributed by atoms with van der Waals surface area (Å²) in [6, 6.07) is 0. The Morgan fingerprint density at radius 3 is 2.95 bits per heavy atom. The van der Waals surface area contributed by atoms with Crippen LogP contribution < -0.4 is 16.0 Å². The van der Waals surface area contributed by atoms with Gasteiger partial charge in [-0.15, -0.1) is 0 Å². The highest BCUT2D eigenvalue weighted by Crippen LogP contribution is 2.27. The Balaban J connectivity index is 2.43. The lowest BCUT2D eigenvalue weighted by atomic mass is 10.4. The molecule has 0 saturated carbocycles. The standard InChI is InChI=1S/C13H24N4O2S2/c1-3-6-17(2)13-16-11(14)10(21-13)12(19)15-5-9-20-8-4-7-18/h18H,3-9,14H2,1-2H3,(H,15,19). The maximum Gasteiger partial charge on any atom is 0.265 e. The van der Waals surface area contributed by atoms with Crippen LogP contribution in [0.1, 0.15) is 29.4 Å². The Morgan fingerprint density at radius 1 is 1.52 bits per heavy atom. The molecule has 0 fully saturated rings. The number of carbonyl (C=O) groups excluding carboxylic acids is 1. The molecule has 1 amide bonds. The summed E-state index contributed by atoms with van der Waals surface area (Å²) >= 11 is 3.03. The fraction of sp³-hybridized carbons (Fsp3) is 0.692. The number of nitrogens with two attached hydrogens (primary N) is 1. The zero-order valence-corrected chi connectivity index (χ0v) is 14.2. The van der Waals surface area contributed by atoms with Crippen LogP contribution in [0.3, 0.4) is 0 Å². The molecule has 0 aliphatic rings. The fourth-order valence-electron chi connectivity index (χ4n) is 1.66. The second kappa shape index (κ2) is 9.86. The highest BCUT2D eigenvalue weighted by atomic mass is 32.2. The third kappa shape index (κ3) is 6.11. The van der Waals surface area contributed by atoms with Gasteiger partial charge in [-0.1, -0.05) is 18.3 Å². The van der Waals surface area contributed by atoms with Crippen LogP contribution in [0.25, 0.3) is 0 Å². The third-order valence-corrected chi connectivity index (χ3v) is 4.97. The van der Waals surface area contributed by atoms with E-state index in [9.17, 15) is 4.79 Å². The van der Waals surface area contributed by atoms with Gasteiger partial charge in [0, 0.05) is 32.5 Å². The second-order valence-electron chi connectivity index (χ2n) is 4.58. The molecule has 0 bridgehead atoms.